The molecule has 108 valence electrons. The van der Waals surface area contributed by atoms with Crippen LogP contribution >= 0.6 is 0 Å². The van der Waals surface area contributed by atoms with E-state index in [-0.39, 0.29) is 11.9 Å². The maximum absolute atomic E-state index is 12.3. The van der Waals surface area contributed by atoms with Crippen molar-refractivity contribution in [2.45, 2.75) is 25.3 Å². The van der Waals surface area contributed by atoms with Crippen molar-refractivity contribution in [1.29, 1.82) is 0 Å². The van der Waals surface area contributed by atoms with Crippen molar-refractivity contribution in [3.63, 3.8) is 0 Å². The average molecular weight is 275 g/mol. The van der Waals surface area contributed by atoms with Crippen molar-refractivity contribution in [3.8, 4) is 5.75 Å². The van der Waals surface area contributed by atoms with Gasteiger partial charge in [-0.1, -0.05) is 0 Å². The number of carbonyl (C=O) groups excluding carboxylic acids is 1. The number of ether oxygens (including phenoxy) is 1. The van der Waals surface area contributed by atoms with Gasteiger partial charge in [0.05, 0.1) is 7.11 Å². The van der Waals surface area contributed by atoms with E-state index in [4.69, 9.17) is 4.74 Å². The van der Waals surface area contributed by atoms with Crippen LogP contribution in [-0.4, -0.2) is 48.6 Å². The van der Waals surface area contributed by atoms with E-state index >= 15 is 0 Å². The number of carbonyl (C=O) groups is 1. The molecule has 3 aliphatic heterocycles. The lowest BCUT2D eigenvalue weighted by Gasteiger charge is -2.26. The van der Waals surface area contributed by atoms with Gasteiger partial charge in [-0.15, -0.1) is 0 Å². The Kier molecular flexibility index (Phi) is 3.87. The Morgan fingerprint density at radius 1 is 1.45 bits per heavy atom. The zero-order valence-corrected chi connectivity index (χ0v) is 11.8. The molecule has 0 saturated carbocycles. The normalized spacial score (nSPS) is 28.8. The van der Waals surface area contributed by atoms with Gasteiger partial charge in [0.15, 0.2) is 0 Å². The maximum Gasteiger partial charge on any atom is 0.270 e. The molecule has 4 heterocycles. The summed E-state index contributed by atoms with van der Waals surface area (Å²) in [4.78, 5) is 18.9. The van der Waals surface area contributed by atoms with Crippen LogP contribution in [0.2, 0.25) is 0 Å². The fourth-order valence-electron chi connectivity index (χ4n) is 3.22. The quantitative estimate of drug-likeness (QED) is 0.903. The Labute approximate surface area is 119 Å². The molecule has 0 aromatic carbocycles. The largest absolute Gasteiger partial charge is 0.497 e. The third kappa shape index (κ3) is 2.93. The molecule has 3 aliphatic rings. The van der Waals surface area contributed by atoms with E-state index in [1.807, 2.05) is 0 Å². The lowest BCUT2D eigenvalue weighted by Crippen LogP contribution is -2.42. The number of methoxy groups -OCH3 is 1. The topological polar surface area (TPSA) is 54.5 Å². The summed E-state index contributed by atoms with van der Waals surface area (Å²) >= 11 is 0. The monoisotopic (exact) mass is 275 g/mol. The first-order valence-corrected chi connectivity index (χ1v) is 7.28. The second-order valence-corrected chi connectivity index (χ2v) is 5.73. The molecule has 1 amide bonds. The van der Waals surface area contributed by atoms with Crippen LogP contribution in [0.25, 0.3) is 0 Å². The summed E-state index contributed by atoms with van der Waals surface area (Å²) in [5.41, 5.74) is 0.427. The van der Waals surface area contributed by atoms with Gasteiger partial charge >= 0.3 is 0 Å². The van der Waals surface area contributed by atoms with Gasteiger partial charge in [-0.3, -0.25) is 9.78 Å². The van der Waals surface area contributed by atoms with Crippen LogP contribution in [0.1, 0.15) is 29.8 Å². The Hall–Kier alpha value is -1.62. The number of piperidine rings is 1. The molecule has 1 atom stereocenters. The van der Waals surface area contributed by atoms with E-state index in [0.717, 1.165) is 18.9 Å². The second-order valence-electron chi connectivity index (χ2n) is 5.73. The lowest BCUT2D eigenvalue weighted by atomic mass is 9.94. The molecule has 1 unspecified atom stereocenters. The number of fused-ring (bicyclic) bond motifs is 4. The Bertz CT molecular complexity index is 470. The molecule has 1 aromatic rings. The number of nitrogens with one attached hydrogen (secondary N) is 1. The number of aromatic nitrogens is 1. The molecule has 20 heavy (non-hydrogen) atoms. The van der Waals surface area contributed by atoms with Gasteiger partial charge in [0.2, 0.25) is 0 Å². The molecule has 0 spiro atoms. The van der Waals surface area contributed by atoms with Crippen molar-refractivity contribution in [2.75, 3.05) is 26.7 Å². The van der Waals surface area contributed by atoms with Gasteiger partial charge < -0.3 is 15.0 Å². The smallest absolute Gasteiger partial charge is 0.270 e. The summed E-state index contributed by atoms with van der Waals surface area (Å²) in [6.07, 6.45) is 5.23. The van der Waals surface area contributed by atoms with E-state index in [1.165, 1.54) is 25.9 Å². The van der Waals surface area contributed by atoms with Crippen molar-refractivity contribution >= 4 is 5.91 Å². The van der Waals surface area contributed by atoms with Crippen LogP contribution in [0, 0.1) is 5.92 Å². The molecule has 3 saturated heterocycles. The summed E-state index contributed by atoms with van der Waals surface area (Å²) in [5, 5.41) is 3.13. The Morgan fingerprint density at radius 2 is 2.25 bits per heavy atom. The van der Waals surface area contributed by atoms with Crippen molar-refractivity contribution in [1.82, 2.24) is 15.2 Å². The van der Waals surface area contributed by atoms with Crippen molar-refractivity contribution < 1.29 is 9.53 Å². The summed E-state index contributed by atoms with van der Waals surface area (Å²) < 4.78 is 5.13. The molecule has 1 N–H and O–H groups in total. The number of pyridine rings is 1. The Morgan fingerprint density at radius 3 is 3.00 bits per heavy atom. The molecular formula is C15H21N3O2. The van der Waals surface area contributed by atoms with E-state index in [9.17, 15) is 4.79 Å². The number of hydrogen-bond acceptors (Lipinski definition) is 4. The van der Waals surface area contributed by atoms with Crippen molar-refractivity contribution in [2.24, 2.45) is 5.92 Å². The second kappa shape index (κ2) is 5.79. The number of rotatable bonds is 3. The van der Waals surface area contributed by atoms with Crippen LogP contribution in [-0.2, 0) is 0 Å². The third-order valence-electron chi connectivity index (χ3n) is 4.34. The molecule has 1 aromatic heterocycles. The van der Waals surface area contributed by atoms with Crippen LogP contribution in [0.5, 0.6) is 5.75 Å². The van der Waals surface area contributed by atoms with Crippen molar-refractivity contribution in [3.05, 3.63) is 24.0 Å². The summed E-state index contributed by atoms with van der Waals surface area (Å²) in [6.45, 7) is 3.31. The van der Waals surface area contributed by atoms with Gasteiger partial charge in [-0.05, 0) is 44.3 Å². The Balaban J connectivity index is 1.66. The minimum atomic E-state index is -0.101. The third-order valence-corrected chi connectivity index (χ3v) is 4.34. The summed E-state index contributed by atoms with van der Waals surface area (Å²) in [7, 11) is 1.59. The molecule has 0 radical (unpaired) electrons. The molecule has 5 nitrogen and oxygen atoms in total. The minimum absolute atomic E-state index is 0.101. The van der Waals surface area contributed by atoms with Gasteiger partial charge in [0, 0.05) is 24.8 Å². The average Bonchev–Trinajstić information content (AvgIpc) is 2.79. The fourth-order valence-corrected chi connectivity index (χ4v) is 3.22. The molecule has 0 aliphatic carbocycles. The fraction of sp³-hybridized carbons (Fsp3) is 0.600. The summed E-state index contributed by atoms with van der Waals surface area (Å²) in [5.74, 6) is 1.32. The zero-order chi connectivity index (χ0) is 13.9. The van der Waals surface area contributed by atoms with E-state index in [2.05, 4.69) is 15.2 Å². The lowest BCUT2D eigenvalue weighted by molar-refractivity contribution is 0.0923. The molecule has 4 rings (SSSR count). The van der Waals surface area contributed by atoms with Gasteiger partial charge in [-0.25, -0.2) is 0 Å². The first-order chi connectivity index (χ1) is 9.74. The van der Waals surface area contributed by atoms with E-state index in [0.29, 0.717) is 11.4 Å². The highest BCUT2D eigenvalue weighted by Gasteiger charge is 2.30. The van der Waals surface area contributed by atoms with Crippen LogP contribution in [0.3, 0.4) is 0 Å². The van der Waals surface area contributed by atoms with E-state index in [1.54, 1.807) is 25.4 Å². The molecular weight excluding hydrogens is 254 g/mol. The molecule has 5 heteroatoms. The summed E-state index contributed by atoms with van der Waals surface area (Å²) in [6, 6.07) is 3.67. The first kappa shape index (κ1) is 13.4. The predicted octanol–water partition coefficient (Wildman–Crippen LogP) is 1.30. The van der Waals surface area contributed by atoms with Gasteiger partial charge in [0.25, 0.3) is 5.91 Å². The number of hydrogen-bond donors (Lipinski definition) is 1. The van der Waals surface area contributed by atoms with Gasteiger partial charge in [-0.2, -0.15) is 0 Å². The highest BCUT2D eigenvalue weighted by atomic mass is 16.5. The van der Waals surface area contributed by atoms with Crippen LogP contribution in [0.4, 0.5) is 0 Å². The molecule has 2 bridgehead atoms. The SMILES string of the molecule is COc1ccnc(C(=O)NC2CC3CCN(CC3)C2)c1. The zero-order valence-electron chi connectivity index (χ0n) is 11.8. The van der Waals surface area contributed by atoms with E-state index < -0.39 is 0 Å². The molecule has 3 fully saturated rings. The number of nitrogens with zero attached hydrogens (tertiary/aromatic N) is 2. The standard InChI is InChI=1S/C15H21N3O2/c1-20-13-2-5-16-14(9-13)15(19)17-12-8-11-3-6-18(10-12)7-4-11/h2,5,9,11-12H,3-4,6-8,10H2,1H3,(H,17,19). The highest BCUT2D eigenvalue weighted by molar-refractivity contribution is 5.92. The minimum Gasteiger partial charge on any atom is -0.497 e. The first-order valence-electron chi connectivity index (χ1n) is 7.28. The van der Waals surface area contributed by atoms with Crippen LogP contribution < -0.4 is 10.1 Å². The van der Waals surface area contributed by atoms with Crippen LogP contribution in [0.15, 0.2) is 18.3 Å². The number of amides is 1. The maximum atomic E-state index is 12.3. The highest BCUT2D eigenvalue weighted by Crippen LogP contribution is 2.26. The van der Waals surface area contributed by atoms with Gasteiger partial charge in [0.1, 0.15) is 11.4 Å². The predicted molar refractivity (Wildman–Crippen MR) is 75.8 cm³/mol.